The van der Waals surface area contributed by atoms with E-state index in [1.165, 1.54) is 57.0 Å². The fraction of sp³-hybridized carbons (Fsp3) is 0.449. The predicted octanol–water partition coefficient (Wildman–Crippen LogP) is 6.30. The highest BCUT2D eigenvalue weighted by atomic mass is 33.1. The van der Waals surface area contributed by atoms with Crippen molar-refractivity contribution in [3.63, 3.8) is 0 Å². The Balaban J connectivity index is 1.15. The summed E-state index contributed by atoms with van der Waals surface area (Å²) in [4.78, 5) is 30.5. The van der Waals surface area contributed by atoms with E-state index < -0.39 is 42.2 Å². The van der Waals surface area contributed by atoms with Crippen molar-refractivity contribution in [2.45, 2.75) is 69.2 Å². The Kier molecular flexibility index (Phi) is 16.5. The molecule has 0 aromatic heterocycles. The first kappa shape index (κ1) is 48.3. The fourth-order valence-electron chi connectivity index (χ4n) is 8.96. The van der Waals surface area contributed by atoms with Gasteiger partial charge in [-0.1, -0.05) is 90.1 Å². The number of phenolic OH excluding ortho intramolecular Hbond substituents is 1. The van der Waals surface area contributed by atoms with Crippen LogP contribution >= 0.6 is 21.6 Å². The molecular formula is C49H59N3O11S2. The number of rotatable bonds is 16. The number of nitrogens with zero attached hydrogens (tertiary/aromatic N) is 1. The number of β-amino-alcohol motifs (C(OH)–C–C–N with tert-alkyl or cyclic N) is 1. The summed E-state index contributed by atoms with van der Waals surface area (Å²) in [6.07, 6.45) is 6.58. The lowest BCUT2D eigenvalue weighted by atomic mass is 9.73. The van der Waals surface area contributed by atoms with Crippen molar-refractivity contribution < 1.29 is 54.1 Å². The fourth-order valence-corrected chi connectivity index (χ4v) is 11.0. The minimum Gasteiger partial charge on any atom is -0.508 e. The van der Waals surface area contributed by atoms with Gasteiger partial charge in [0.15, 0.2) is 23.6 Å². The standard InChI is InChI=1S/C49H59N3O11S2/c1-3-20-50-21-7-12-33-10-5-4-9-32(33)11-6-8-31(2)39-25-52-28-48(59)47(62-37-17-18-38-42(23-37)60-26-40(43(38)55)34-13-15-36(54)16-14-34)63-44(46(57)58)45(56)49(48,29-53)61-30-65-64-27-41(39)35-19-22-51-24-35/h4-6,9-11,13-19,23-24,29,31,39,41,44-45,47,50,52,54-56,59H,3,7-8,12,20-22,25-28,30H2,1-2H3,(H,57,58). The summed E-state index contributed by atoms with van der Waals surface area (Å²) in [6.45, 7) is 6.87. The van der Waals surface area contributed by atoms with E-state index in [2.05, 4.69) is 72.0 Å². The van der Waals surface area contributed by atoms with Gasteiger partial charge in [-0.05, 0) is 110 Å². The van der Waals surface area contributed by atoms with E-state index in [1.54, 1.807) is 18.2 Å². The third-order valence-corrected chi connectivity index (χ3v) is 14.8. The van der Waals surface area contributed by atoms with Crippen molar-refractivity contribution in [2.75, 3.05) is 51.0 Å². The quantitative estimate of drug-likeness (QED) is 0.0478. The molecule has 4 heterocycles. The van der Waals surface area contributed by atoms with Gasteiger partial charge in [0.2, 0.25) is 6.29 Å². The van der Waals surface area contributed by atoms with E-state index in [1.807, 2.05) is 6.21 Å². The van der Waals surface area contributed by atoms with Crippen LogP contribution < -0.4 is 20.1 Å². The molecule has 0 amide bonds. The first-order valence-corrected chi connectivity index (χ1v) is 24.6. The number of carboxylic acids is 1. The molecular weight excluding hydrogens is 871 g/mol. The maximum absolute atomic E-state index is 13.4. The van der Waals surface area contributed by atoms with Crippen LogP contribution in [0.1, 0.15) is 55.4 Å². The Morgan fingerprint density at radius 3 is 2.68 bits per heavy atom. The summed E-state index contributed by atoms with van der Waals surface area (Å²) < 4.78 is 24.3. The van der Waals surface area contributed by atoms with Crippen LogP contribution in [0.25, 0.3) is 17.4 Å². The number of hydrogen-bond acceptors (Lipinski definition) is 15. The number of fused-ring (bicyclic) bond motifs is 2. The van der Waals surface area contributed by atoms with Gasteiger partial charge in [0.1, 0.15) is 41.7 Å². The van der Waals surface area contributed by atoms with Crippen molar-refractivity contribution in [2.24, 2.45) is 22.7 Å². The Bertz CT molecular complexity index is 2250. The van der Waals surface area contributed by atoms with Crippen LogP contribution in [0, 0.1) is 17.8 Å². The molecule has 2 fully saturated rings. The Morgan fingerprint density at radius 2 is 1.92 bits per heavy atom. The highest BCUT2D eigenvalue weighted by molar-refractivity contribution is 8.76. The van der Waals surface area contributed by atoms with Gasteiger partial charge in [-0.2, -0.15) is 0 Å². The van der Waals surface area contributed by atoms with E-state index in [4.69, 9.17) is 18.9 Å². The number of aliphatic imine (C=N–C) groups is 1. The molecule has 0 spiro atoms. The number of aldehydes is 1. The van der Waals surface area contributed by atoms with Gasteiger partial charge >= 0.3 is 5.97 Å². The molecule has 7 rings (SSSR count). The molecule has 3 aromatic carbocycles. The number of carboxylic acid groups (broad SMARTS) is 1. The number of aliphatic hydroxyl groups is 3. The van der Waals surface area contributed by atoms with E-state index in [0.29, 0.717) is 35.5 Å². The van der Waals surface area contributed by atoms with Crippen LogP contribution in [0.2, 0.25) is 0 Å². The molecule has 0 saturated carbocycles. The molecule has 0 bridgehead atoms. The average molecular weight is 930 g/mol. The van der Waals surface area contributed by atoms with Crippen LogP contribution in [0.4, 0.5) is 0 Å². The van der Waals surface area contributed by atoms with E-state index in [9.17, 15) is 35.1 Å². The number of aromatic hydroxyl groups is 1. The van der Waals surface area contributed by atoms with Crippen LogP contribution in [-0.2, 0) is 25.5 Å². The minimum absolute atomic E-state index is 0.0106. The number of phenols is 1. The van der Waals surface area contributed by atoms with Crippen LogP contribution in [0.5, 0.6) is 17.2 Å². The van der Waals surface area contributed by atoms with E-state index in [-0.39, 0.29) is 59.6 Å². The van der Waals surface area contributed by atoms with Crippen LogP contribution in [0.15, 0.2) is 89.4 Å². The topological polar surface area (TPSA) is 209 Å². The Hall–Kier alpha value is -4.65. The lowest BCUT2D eigenvalue weighted by molar-refractivity contribution is -0.340. The highest BCUT2D eigenvalue weighted by Gasteiger charge is 2.69. The zero-order chi connectivity index (χ0) is 46.0. The number of aliphatic hydroxyl groups excluding tert-OH is 2. The number of allylic oxidation sites excluding steroid dienone is 2. The summed E-state index contributed by atoms with van der Waals surface area (Å²) in [5.41, 5.74) is 0.0674. The number of hydrogen-bond donors (Lipinski definition) is 7. The number of carbonyl (C=O) groups is 2. The molecule has 14 nitrogen and oxygen atoms in total. The number of benzene rings is 3. The van der Waals surface area contributed by atoms with Crippen LogP contribution in [-0.4, -0.2) is 125 Å². The second-order valence-corrected chi connectivity index (χ2v) is 19.3. The highest BCUT2D eigenvalue weighted by Crippen LogP contribution is 2.45. The number of ether oxygens (including phenoxy) is 4. The van der Waals surface area contributed by atoms with Crippen molar-refractivity contribution in [3.05, 3.63) is 107 Å². The SMILES string of the molecule is CCCNCCCc1ccccc1C=CCC(C)C1CNCC2(O)C(Oc3ccc4c(c3)OCC(c3ccc(O)cc3)=C4O)OC(C(=O)O)C(O)C2(C=O)OCSSCC1C1=CCN=C1. The molecule has 7 N–H and O–H groups in total. The predicted molar refractivity (Wildman–Crippen MR) is 254 cm³/mol. The zero-order valence-corrected chi connectivity index (χ0v) is 38.3. The summed E-state index contributed by atoms with van der Waals surface area (Å²) in [5.74, 6) is -0.639. The van der Waals surface area contributed by atoms with Gasteiger partial charge < -0.3 is 55.1 Å². The second kappa shape index (κ2) is 22.2. The van der Waals surface area contributed by atoms with E-state index >= 15 is 0 Å². The molecule has 2 saturated heterocycles. The number of nitrogens with one attached hydrogen (secondary N) is 2. The normalized spacial score (nSPS) is 27.7. The van der Waals surface area contributed by atoms with Crippen molar-refractivity contribution in [3.8, 4) is 17.2 Å². The van der Waals surface area contributed by atoms with Crippen LogP contribution in [0.3, 0.4) is 0 Å². The molecule has 4 aliphatic rings. The van der Waals surface area contributed by atoms with Gasteiger partial charge in [-0.25, -0.2) is 4.79 Å². The van der Waals surface area contributed by atoms with E-state index in [0.717, 1.165) is 44.3 Å². The van der Waals surface area contributed by atoms with Gasteiger partial charge in [-0.15, -0.1) is 0 Å². The lowest BCUT2D eigenvalue weighted by Gasteiger charge is -2.53. The molecule has 16 heteroatoms. The third kappa shape index (κ3) is 10.8. The monoisotopic (exact) mass is 929 g/mol. The maximum atomic E-state index is 13.4. The summed E-state index contributed by atoms with van der Waals surface area (Å²) >= 11 is 0. The Morgan fingerprint density at radius 1 is 1.11 bits per heavy atom. The summed E-state index contributed by atoms with van der Waals surface area (Å²) in [5, 5.41) is 62.7. The van der Waals surface area contributed by atoms with Gasteiger partial charge in [0.05, 0.1) is 12.1 Å². The molecule has 65 heavy (non-hydrogen) atoms. The molecule has 348 valence electrons. The third-order valence-electron chi connectivity index (χ3n) is 12.7. The molecule has 8 atom stereocenters. The van der Waals surface area contributed by atoms with Crippen molar-refractivity contribution in [1.29, 1.82) is 0 Å². The second-order valence-electron chi connectivity index (χ2n) is 16.9. The number of aliphatic carboxylic acids is 1. The maximum Gasteiger partial charge on any atom is 0.335 e. The van der Waals surface area contributed by atoms with Gasteiger partial charge in [0, 0.05) is 30.2 Å². The van der Waals surface area contributed by atoms with Gasteiger partial charge in [-0.3, -0.25) is 9.79 Å². The zero-order valence-electron chi connectivity index (χ0n) is 36.6. The molecule has 0 radical (unpaired) electrons. The summed E-state index contributed by atoms with van der Waals surface area (Å²) in [7, 11) is 2.81. The molecule has 4 aliphatic heterocycles. The first-order chi connectivity index (χ1) is 31.5. The Labute approximate surface area is 387 Å². The molecule has 0 aliphatic carbocycles. The first-order valence-electron chi connectivity index (χ1n) is 22.1. The summed E-state index contributed by atoms with van der Waals surface area (Å²) in [6, 6.07) is 19.3. The lowest BCUT2D eigenvalue weighted by Crippen LogP contribution is -2.80. The largest absolute Gasteiger partial charge is 0.508 e. The molecule has 8 unspecified atom stereocenters. The van der Waals surface area contributed by atoms with Crippen molar-refractivity contribution >= 4 is 57.5 Å². The average Bonchev–Trinajstić information content (AvgIpc) is 3.84. The molecule has 3 aromatic rings. The van der Waals surface area contributed by atoms with Crippen molar-refractivity contribution in [1.82, 2.24) is 10.6 Å². The van der Waals surface area contributed by atoms with Gasteiger partial charge in [0.25, 0.3) is 0 Å². The number of aryl methyl sites for hydroxylation is 1. The minimum atomic E-state index is -2.52. The smallest absolute Gasteiger partial charge is 0.335 e. The number of carbonyl (C=O) groups excluding carboxylic acids is 1.